The monoisotopic (exact) mass is 170 g/mol. The third-order valence-corrected chi connectivity index (χ3v) is 2.47. The van der Waals surface area contributed by atoms with Gasteiger partial charge >= 0.3 is 0 Å². The smallest absolute Gasteiger partial charge is 0.236 e. The van der Waals surface area contributed by atoms with Crippen molar-refractivity contribution in [1.82, 2.24) is 9.80 Å². The maximum Gasteiger partial charge on any atom is 0.236 e. The van der Waals surface area contributed by atoms with Gasteiger partial charge in [-0.25, -0.2) is 0 Å². The average molecular weight is 170 g/mol. The molecule has 0 saturated carbocycles. The summed E-state index contributed by atoms with van der Waals surface area (Å²) >= 11 is 0. The van der Waals surface area contributed by atoms with Gasteiger partial charge in [0.15, 0.2) is 0 Å². The van der Waals surface area contributed by atoms with Crippen LogP contribution in [0, 0.1) is 0 Å². The average Bonchev–Trinajstić information content (AvgIpc) is 2.01. The first-order valence-corrected chi connectivity index (χ1v) is 4.63. The molecule has 1 unspecified atom stereocenters. The molecule has 0 N–H and O–H groups in total. The number of rotatable bonds is 2. The lowest BCUT2D eigenvalue weighted by atomic mass is 10.2. The standard InChI is InChI=1S/C9H18N2O/c1-4-5-11-6-8(2)10(3)7-9(11)12/h8H,4-7H2,1-3H3. The van der Waals surface area contributed by atoms with Gasteiger partial charge in [-0.2, -0.15) is 0 Å². The van der Waals surface area contributed by atoms with Crippen LogP contribution in [-0.2, 0) is 4.79 Å². The molecule has 1 heterocycles. The Balaban J connectivity index is 2.49. The molecule has 3 nitrogen and oxygen atoms in total. The summed E-state index contributed by atoms with van der Waals surface area (Å²) < 4.78 is 0. The van der Waals surface area contributed by atoms with Crippen molar-refractivity contribution >= 4 is 5.91 Å². The minimum Gasteiger partial charge on any atom is -0.340 e. The Hall–Kier alpha value is -0.570. The quantitative estimate of drug-likeness (QED) is 0.604. The van der Waals surface area contributed by atoms with E-state index in [2.05, 4.69) is 18.7 Å². The van der Waals surface area contributed by atoms with E-state index in [0.717, 1.165) is 19.5 Å². The molecule has 0 aromatic carbocycles. The maximum absolute atomic E-state index is 11.4. The van der Waals surface area contributed by atoms with E-state index >= 15 is 0 Å². The highest BCUT2D eigenvalue weighted by Gasteiger charge is 2.25. The molecule has 3 heteroatoms. The van der Waals surface area contributed by atoms with Gasteiger partial charge in [-0.05, 0) is 20.4 Å². The van der Waals surface area contributed by atoms with Gasteiger partial charge in [0.25, 0.3) is 0 Å². The number of nitrogens with zero attached hydrogens (tertiary/aromatic N) is 2. The largest absolute Gasteiger partial charge is 0.340 e. The van der Waals surface area contributed by atoms with E-state index in [-0.39, 0.29) is 5.91 Å². The van der Waals surface area contributed by atoms with E-state index < -0.39 is 0 Å². The number of carbonyl (C=O) groups is 1. The van der Waals surface area contributed by atoms with Gasteiger partial charge in [0.2, 0.25) is 5.91 Å². The van der Waals surface area contributed by atoms with Gasteiger partial charge in [0.1, 0.15) is 0 Å². The number of hydrogen-bond acceptors (Lipinski definition) is 2. The first-order chi connectivity index (χ1) is 5.65. The van der Waals surface area contributed by atoms with Crippen LogP contribution in [0.5, 0.6) is 0 Å². The number of carbonyl (C=O) groups excluding carboxylic acids is 1. The van der Waals surface area contributed by atoms with Gasteiger partial charge < -0.3 is 4.90 Å². The van der Waals surface area contributed by atoms with E-state index in [1.54, 1.807) is 0 Å². The van der Waals surface area contributed by atoms with Crippen LogP contribution in [0.4, 0.5) is 0 Å². The van der Waals surface area contributed by atoms with Gasteiger partial charge in [-0.3, -0.25) is 9.69 Å². The number of hydrogen-bond donors (Lipinski definition) is 0. The number of piperazine rings is 1. The summed E-state index contributed by atoms with van der Waals surface area (Å²) in [5.74, 6) is 0.275. The van der Waals surface area contributed by atoms with Crippen LogP contribution in [0.2, 0.25) is 0 Å². The lowest BCUT2D eigenvalue weighted by Crippen LogP contribution is -2.53. The predicted molar refractivity (Wildman–Crippen MR) is 49.0 cm³/mol. The summed E-state index contributed by atoms with van der Waals surface area (Å²) in [6.45, 7) is 6.66. The third-order valence-electron chi connectivity index (χ3n) is 2.47. The highest BCUT2D eigenvalue weighted by atomic mass is 16.2. The molecule has 0 bridgehead atoms. The Morgan fingerprint density at radius 2 is 2.25 bits per heavy atom. The summed E-state index contributed by atoms with van der Waals surface area (Å²) in [4.78, 5) is 15.5. The molecule has 0 aromatic heterocycles. The van der Waals surface area contributed by atoms with E-state index in [1.807, 2.05) is 11.9 Å². The van der Waals surface area contributed by atoms with Crippen LogP contribution in [0.15, 0.2) is 0 Å². The molecule has 0 aromatic rings. The molecule has 1 saturated heterocycles. The van der Waals surface area contributed by atoms with Crippen molar-refractivity contribution in [3.05, 3.63) is 0 Å². The Morgan fingerprint density at radius 3 is 2.83 bits per heavy atom. The second kappa shape index (κ2) is 3.90. The van der Waals surface area contributed by atoms with E-state index in [9.17, 15) is 4.79 Å². The van der Waals surface area contributed by atoms with E-state index in [1.165, 1.54) is 0 Å². The molecule has 12 heavy (non-hydrogen) atoms. The van der Waals surface area contributed by atoms with Crippen LogP contribution < -0.4 is 0 Å². The van der Waals surface area contributed by atoms with Gasteiger partial charge in [-0.15, -0.1) is 0 Å². The summed E-state index contributed by atoms with van der Waals surface area (Å²) in [5.41, 5.74) is 0. The maximum atomic E-state index is 11.4. The number of amides is 1. The molecule has 1 fully saturated rings. The number of likely N-dealkylation sites (N-methyl/N-ethyl adjacent to an activating group) is 1. The molecule has 0 radical (unpaired) electrons. The Labute approximate surface area is 74.3 Å². The second-order valence-electron chi connectivity index (χ2n) is 3.60. The third kappa shape index (κ3) is 1.97. The van der Waals surface area contributed by atoms with Gasteiger partial charge in [-0.1, -0.05) is 6.92 Å². The van der Waals surface area contributed by atoms with Crippen LogP contribution in [-0.4, -0.2) is 48.4 Å². The molecule has 1 aliphatic heterocycles. The lowest BCUT2D eigenvalue weighted by molar-refractivity contribution is -0.137. The second-order valence-corrected chi connectivity index (χ2v) is 3.60. The van der Waals surface area contributed by atoms with E-state index in [4.69, 9.17) is 0 Å². The molecule has 1 amide bonds. The van der Waals surface area contributed by atoms with Crippen LogP contribution in [0.3, 0.4) is 0 Å². The minimum atomic E-state index is 0.275. The Kier molecular flexibility index (Phi) is 3.09. The normalized spacial score (nSPS) is 26.4. The highest BCUT2D eigenvalue weighted by molar-refractivity contribution is 5.79. The fourth-order valence-electron chi connectivity index (χ4n) is 1.52. The van der Waals surface area contributed by atoms with Crippen molar-refractivity contribution in [2.45, 2.75) is 26.3 Å². The molecule has 1 aliphatic rings. The van der Waals surface area contributed by atoms with Crippen LogP contribution >= 0.6 is 0 Å². The van der Waals surface area contributed by atoms with Gasteiger partial charge in [0.05, 0.1) is 6.54 Å². The molecule has 0 spiro atoms. The van der Waals surface area contributed by atoms with Gasteiger partial charge in [0, 0.05) is 19.1 Å². The SMILES string of the molecule is CCCN1CC(C)N(C)CC1=O. The fraction of sp³-hybridized carbons (Fsp3) is 0.889. The zero-order valence-corrected chi connectivity index (χ0v) is 8.21. The molecule has 1 atom stereocenters. The summed E-state index contributed by atoms with van der Waals surface area (Å²) in [7, 11) is 2.01. The topological polar surface area (TPSA) is 23.6 Å². The summed E-state index contributed by atoms with van der Waals surface area (Å²) in [5, 5.41) is 0. The minimum absolute atomic E-state index is 0.275. The predicted octanol–water partition coefficient (Wildman–Crippen LogP) is 0.559. The van der Waals surface area contributed by atoms with Crippen molar-refractivity contribution in [2.24, 2.45) is 0 Å². The van der Waals surface area contributed by atoms with Crippen molar-refractivity contribution < 1.29 is 4.79 Å². The molecule has 70 valence electrons. The zero-order chi connectivity index (χ0) is 9.14. The van der Waals surface area contributed by atoms with Crippen molar-refractivity contribution in [3.63, 3.8) is 0 Å². The first kappa shape index (κ1) is 9.52. The first-order valence-electron chi connectivity index (χ1n) is 4.63. The molecular weight excluding hydrogens is 152 g/mol. The van der Waals surface area contributed by atoms with E-state index in [0.29, 0.717) is 12.6 Å². The van der Waals surface area contributed by atoms with Crippen molar-refractivity contribution in [1.29, 1.82) is 0 Å². The van der Waals surface area contributed by atoms with Crippen LogP contribution in [0.25, 0.3) is 0 Å². The summed E-state index contributed by atoms with van der Waals surface area (Å²) in [6.07, 6.45) is 1.06. The molecule has 0 aliphatic carbocycles. The molecule has 1 rings (SSSR count). The Morgan fingerprint density at radius 1 is 1.58 bits per heavy atom. The Bertz CT molecular complexity index is 170. The highest BCUT2D eigenvalue weighted by Crippen LogP contribution is 2.08. The van der Waals surface area contributed by atoms with Crippen LogP contribution in [0.1, 0.15) is 20.3 Å². The van der Waals surface area contributed by atoms with Crippen molar-refractivity contribution in [2.75, 3.05) is 26.7 Å². The molecular formula is C9H18N2O. The lowest BCUT2D eigenvalue weighted by Gasteiger charge is -2.37. The van der Waals surface area contributed by atoms with Crippen molar-refractivity contribution in [3.8, 4) is 0 Å². The fourth-order valence-corrected chi connectivity index (χ4v) is 1.52. The zero-order valence-electron chi connectivity index (χ0n) is 8.21. The summed E-state index contributed by atoms with van der Waals surface area (Å²) in [6, 6.07) is 0.509.